The number of nitriles is 1. The summed E-state index contributed by atoms with van der Waals surface area (Å²) in [6.07, 6.45) is 2.43. The van der Waals surface area contributed by atoms with Gasteiger partial charge in [-0.25, -0.2) is 0 Å². The maximum Gasteiger partial charge on any atom is 0.240 e. The van der Waals surface area contributed by atoms with E-state index in [9.17, 15) is 10.1 Å². The summed E-state index contributed by atoms with van der Waals surface area (Å²) in [4.78, 5) is 14.6. The molecular weight excluding hydrogens is 350 g/mol. The van der Waals surface area contributed by atoms with Crippen molar-refractivity contribution in [3.8, 4) is 11.8 Å². The van der Waals surface area contributed by atoms with Crippen LogP contribution in [-0.4, -0.2) is 36.0 Å². The van der Waals surface area contributed by atoms with Crippen molar-refractivity contribution in [1.82, 2.24) is 10.2 Å². The number of carbonyl (C=O) groups excluding carboxylic acids is 1. The van der Waals surface area contributed by atoms with Crippen LogP contribution in [0.25, 0.3) is 0 Å². The fourth-order valence-electron chi connectivity index (χ4n) is 4.21. The minimum absolute atomic E-state index is 0.0641. The third-order valence-corrected chi connectivity index (χ3v) is 5.71. The predicted molar refractivity (Wildman–Crippen MR) is 107 cm³/mol. The Balaban J connectivity index is 1.43. The number of benzene rings is 2. The molecule has 2 heterocycles. The fourth-order valence-corrected chi connectivity index (χ4v) is 4.21. The van der Waals surface area contributed by atoms with Crippen LogP contribution in [0.4, 0.5) is 0 Å². The van der Waals surface area contributed by atoms with Gasteiger partial charge in [0.15, 0.2) is 0 Å². The highest BCUT2D eigenvalue weighted by Crippen LogP contribution is 2.34. The van der Waals surface area contributed by atoms with Crippen molar-refractivity contribution in [3.05, 3.63) is 65.7 Å². The Hall–Kier alpha value is -2.84. The summed E-state index contributed by atoms with van der Waals surface area (Å²) in [6.45, 7) is 1.96. The van der Waals surface area contributed by atoms with E-state index in [0.29, 0.717) is 13.2 Å². The van der Waals surface area contributed by atoms with Gasteiger partial charge < -0.3 is 15.0 Å². The SMILES string of the molecule is N#C[C@@H]1CCCN1C(=O)[C@@H]1C[C@H](c2ccccc2OCc2ccccc2)CN1. The van der Waals surface area contributed by atoms with E-state index in [1.54, 1.807) is 4.90 Å². The Kier molecular flexibility index (Phi) is 5.59. The van der Waals surface area contributed by atoms with Crippen LogP contribution >= 0.6 is 0 Å². The van der Waals surface area contributed by atoms with Crippen molar-refractivity contribution in [2.24, 2.45) is 0 Å². The molecule has 144 valence electrons. The summed E-state index contributed by atoms with van der Waals surface area (Å²) in [5.74, 6) is 1.17. The molecule has 0 aliphatic carbocycles. The lowest BCUT2D eigenvalue weighted by molar-refractivity contribution is -0.133. The minimum atomic E-state index is -0.269. The summed E-state index contributed by atoms with van der Waals surface area (Å²) < 4.78 is 6.10. The van der Waals surface area contributed by atoms with Crippen molar-refractivity contribution >= 4 is 5.91 Å². The first kappa shape index (κ1) is 18.5. The Morgan fingerprint density at radius 2 is 1.96 bits per heavy atom. The lowest BCUT2D eigenvalue weighted by atomic mass is 9.95. The van der Waals surface area contributed by atoms with E-state index < -0.39 is 0 Å². The zero-order valence-electron chi connectivity index (χ0n) is 15.9. The van der Waals surface area contributed by atoms with Crippen LogP contribution in [0.15, 0.2) is 54.6 Å². The number of hydrogen-bond donors (Lipinski definition) is 1. The van der Waals surface area contributed by atoms with Crippen molar-refractivity contribution in [2.45, 2.75) is 43.9 Å². The van der Waals surface area contributed by atoms with E-state index in [1.165, 1.54) is 0 Å². The number of hydrogen-bond acceptors (Lipinski definition) is 4. The number of nitrogens with zero attached hydrogens (tertiary/aromatic N) is 2. The molecular formula is C23H25N3O2. The maximum absolute atomic E-state index is 12.9. The zero-order valence-corrected chi connectivity index (χ0v) is 15.9. The van der Waals surface area contributed by atoms with Crippen molar-refractivity contribution < 1.29 is 9.53 Å². The van der Waals surface area contributed by atoms with Gasteiger partial charge in [0.25, 0.3) is 0 Å². The molecule has 1 amide bonds. The molecule has 0 spiro atoms. The van der Waals surface area contributed by atoms with Crippen LogP contribution in [0.1, 0.15) is 36.3 Å². The number of nitrogens with one attached hydrogen (secondary N) is 1. The quantitative estimate of drug-likeness (QED) is 0.871. The first-order chi connectivity index (χ1) is 13.8. The monoisotopic (exact) mass is 375 g/mol. The molecule has 0 unspecified atom stereocenters. The van der Waals surface area contributed by atoms with Gasteiger partial charge in [0.05, 0.1) is 12.1 Å². The average molecular weight is 375 g/mol. The Morgan fingerprint density at radius 1 is 1.18 bits per heavy atom. The lowest BCUT2D eigenvalue weighted by Gasteiger charge is -2.23. The summed E-state index contributed by atoms with van der Waals surface area (Å²) >= 11 is 0. The molecule has 2 aromatic rings. The Labute approximate surface area is 165 Å². The number of likely N-dealkylation sites (tertiary alicyclic amines) is 1. The van der Waals surface area contributed by atoms with Crippen molar-refractivity contribution in [2.75, 3.05) is 13.1 Å². The van der Waals surface area contributed by atoms with Gasteiger partial charge in [-0.1, -0.05) is 48.5 Å². The van der Waals surface area contributed by atoms with Crippen molar-refractivity contribution in [1.29, 1.82) is 5.26 Å². The average Bonchev–Trinajstić information content (AvgIpc) is 3.42. The van der Waals surface area contributed by atoms with Crippen LogP contribution < -0.4 is 10.1 Å². The van der Waals surface area contributed by atoms with Gasteiger partial charge in [0.2, 0.25) is 5.91 Å². The second-order valence-electron chi connectivity index (χ2n) is 7.52. The van der Waals surface area contributed by atoms with E-state index in [2.05, 4.69) is 29.6 Å². The van der Waals surface area contributed by atoms with Gasteiger partial charge in [-0.2, -0.15) is 5.26 Å². The molecule has 2 aliphatic rings. The van der Waals surface area contributed by atoms with Gasteiger partial charge in [0, 0.05) is 19.0 Å². The predicted octanol–water partition coefficient (Wildman–Crippen LogP) is 3.23. The van der Waals surface area contributed by atoms with E-state index in [4.69, 9.17) is 4.74 Å². The van der Waals surface area contributed by atoms with Crippen LogP contribution in [0.2, 0.25) is 0 Å². The molecule has 28 heavy (non-hydrogen) atoms. The fraction of sp³-hybridized carbons (Fsp3) is 0.391. The third kappa shape index (κ3) is 3.88. The van der Waals surface area contributed by atoms with Gasteiger partial charge in [0.1, 0.15) is 18.4 Å². The second-order valence-corrected chi connectivity index (χ2v) is 7.52. The number of carbonyl (C=O) groups is 1. The Morgan fingerprint density at radius 3 is 2.79 bits per heavy atom. The first-order valence-electron chi connectivity index (χ1n) is 9.95. The standard InChI is InChI=1S/C23H25N3O2/c24-14-19-9-6-12-26(19)23(27)21-13-18(15-25-21)20-10-4-5-11-22(20)28-16-17-7-2-1-3-8-17/h1-5,7-8,10-11,18-19,21,25H,6,9,12-13,15-16H2/t18-,19-,21-/m0/s1. The smallest absolute Gasteiger partial charge is 0.240 e. The molecule has 5 nitrogen and oxygen atoms in total. The normalized spacial score (nSPS) is 24.1. The first-order valence-corrected chi connectivity index (χ1v) is 9.95. The topological polar surface area (TPSA) is 65.4 Å². The van der Waals surface area contributed by atoms with Crippen molar-refractivity contribution in [3.63, 3.8) is 0 Å². The summed E-state index contributed by atoms with van der Waals surface area (Å²) in [5, 5.41) is 12.6. The highest BCUT2D eigenvalue weighted by atomic mass is 16.5. The van der Waals surface area contributed by atoms with Gasteiger partial charge in [-0.15, -0.1) is 0 Å². The molecule has 0 saturated carbocycles. The molecule has 1 N–H and O–H groups in total. The van der Waals surface area contributed by atoms with Crippen LogP contribution in [0.5, 0.6) is 5.75 Å². The molecule has 0 bridgehead atoms. The van der Waals surface area contributed by atoms with Crippen LogP contribution in [0.3, 0.4) is 0 Å². The van der Waals surface area contributed by atoms with Crippen LogP contribution in [0, 0.1) is 11.3 Å². The number of ether oxygens (including phenoxy) is 1. The maximum atomic E-state index is 12.9. The van der Waals surface area contributed by atoms with E-state index >= 15 is 0 Å². The summed E-state index contributed by atoms with van der Waals surface area (Å²) in [6, 6.07) is 20.0. The van der Waals surface area contributed by atoms with Gasteiger partial charge in [-0.3, -0.25) is 4.79 Å². The van der Waals surface area contributed by atoms with E-state index in [1.807, 2.05) is 36.4 Å². The molecule has 2 fully saturated rings. The highest BCUT2D eigenvalue weighted by molar-refractivity contribution is 5.83. The summed E-state index contributed by atoms with van der Waals surface area (Å²) in [5.41, 5.74) is 2.27. The largest absolute Gasteiger partial charge is 0.489 e. The molecule has 3 atom stereocenters. The highest BCUT2D eigenvalue weighted by Gasteiger charge is 2.37. The molecule has 0 radical (unpaired) electrons. The minimum Gasteiger partial charge on any atom is -0.489 e. The molecule has 2 aliphatic heterocycles. The van der Waals surface area contributed by atoms with Gasteiger partial charge >= 0.3 is 0 Å². The number of amides is 1. The van der Waals surface area contributed by atoms with Crippen LogP contribution in [-0.2, 0) is 11.4 Å². The lowest BCUT2D eigenvalue weighted by Crippen LogP contribution is -2.45. The summed E-state index contributed by atoms with van der Waals surface area (Å²) in [7, 11) is 0. The Bertz CT molecular complexity index is 862. The molecule has 2 aromatic carbocycles. The third-order valence-electron chi connectivity index (χ3n) is 5.71. The molecule has 5 heteroatoms. The van der Waals surface area contributed by atoms with E-state index in [-0.39, 0.29) is 23.9 Å². The molecule has 4 rings (SSSR count). The number of para-hydroxylation sites is 1. The number of rotatable bonds is 5. The van der Waals surface area contributed by atoms with E-state index in [0.717, 1.165) is 42.7 Å². The molecule has 0 aromatic heterocycles. The molecule has 2 saturated heterocycles. The second kappa shape index (κ2) is 8.45. The zero-order chi connectivity index (χ0) is 19.3. The van der Waals surface area contributed by atoms with Gasteiger partial charge in [-0.05, 0) is 36.5 Å².